The third-order valence-electron chi connectivity index (χ3n) is 3.02. The van der Waals surface area contributed by atoms with Gasteiger partial charge in [-0.05, 0) is 25.0 Å². The Balaban J connectivity index is 2.83. The van der Waals surface area contributed by atoms with Crippen LogP contribution in [0.2, 0.25) is 0 Å². The van der Waals surface area contributed by atoms with Crippen LogP contribution in [0.1, 0.15) is 51.4 Å². The molecule has 1 aromatic rings. The quantitative estimate of drug-likeness (QED) is 0.813. The molecule has 0 aliphatic heterocycles. The molecule has 0 spiro atoms. The Morgan fingerprint density at radius 2 is 2.18 bits per heavy atom. The van der Waals surface area contributed by atoms with Crippen molar-refractivity contribution < 1.29 is 0 Å². The zero-order valence-corrected chi connectivity index (χ0v) is 12.2. The van der Waals surface area contributed by atoms with Crippen LogP contribution in [0.5, 0.6) is 0 Å². The topological polar surface area (TPSA) is 43.8 Å². The van der Waals surface area contributed by atoms with Crippen molar-refractivity contribution in [1.82, 2.24) is 9.55 Å². The van der Waals surface area contributed by atoms with Crippen molar-refractivity contribution in [2.75, 3.05) is 12.0 Å². The van der Waals surface area contributed by atoms with Gasteiger partial charge in [-0.2, -0.15) is 11.8 Å². The highest BCUT2D eigenvalue weighted by atomic mass is 32.2. The second-order valence-electron chi connectivity index (χ2n) is 4.98. The van der Waals surface area contributed by atoms with Crippen LogP contribution in [0.15, 0.2) is 12.5 Å². The molecule has 0 amide bonds. The van der Waals surface area contributed by atoms with Crippen LogP contribution in [-0.2, 0) is 0 Å². The van der Waals surface area contributed by atoms with E-state index in [1.807, 2.05) is 24.3 Å². The molecule has 1 heterocycles. The van der Waals surface area contributed by atoms with E-state index in [0.717, 1.165) is 18.6 Å². The lowest BCUT2D eigenvalue weighted by molar-refractivity contribution is 0.454. The molecule has 1 aromatic heterocycles. The van der Waals surface area contributed by atoms with Crippen molar-refractivity contribution in [3.05, 3.63) is 18.2 Å². The molecule has 1 rings (SSSR count). The van der Waals surface area contributed by atoms with Gasteiger partial charge in [-0.25, -0.2) is 4.98 Å². The zero-order valence-electron chi connectivity index (χ0n) is 11.4. The highest BCUT2D eigenvalue weighted by molar-refractivity contribution is 7.98. The summed E-state index contributed by atoms with van der Waals surface area (Å²) in [5.41, 5.74) is 7.44. The third kappa shape index (κ3) is 4.03. The fourth-order valence-corrected chi connectivity index (χ4v) is 2.90. The summed E-state index contributed by atoms with van der Waals surface area (Å²) in [7, 11) is 0. The minimum atomic E-state index is 0.105. The molecular weight excluding hydrogens is 230 g/mol. The van der Waals surface area contributed by atoms with E-state index in [-0.39, 0.29) is 6.04 Å². The maximum Gasteiger partial charge on any atom is 0.0951 e. The number of imidazole rings is 1. The van der Waals surface area contributed by atoms with Gasteiger partial charge in [0.2, 0.25) is 0 Å². The van der Waals surface area contributed by atoms with E-state index in [9.17, 15) is 0 Å². The second kappa shape index (κ2) is 7.07. The number of thioether (sulfide) groups is 1. The molecule has 98 valence electrons. The largest absolute Gasteiger partial charge is 0.329 e. The van der Waals surface area contributed by atoms with Crippen molar-refractivity contribution in [3.8, 4) is 0 Å². The Kier molecular flexibility index (Phi) is 6.06. The van der Waals surface area contributed by atoms with Gasteiger partial charge in [0, 0.05) is 24.0 Å². The summed E-state index contributed by atoms with van der Waals surface area (Å²) in [5, 5.41) is 0. The molecule has 2 atom stereocenters. The summed E-state index contributed by atoms with van der Waals surface area (Å²) in [6, 6.07) is 0.620. The minimum absolute atomic E-state index is 0.105. The van der Waals surface area contributed by atoms with E-state index in [1.54, 1.807) is 0 Å². The molecule has 0 aliphatic carbocycles. The number of aromatic nitrogens is 2. The number of hydrogen-bond acceptors (Lipinski definition) is 3. The van der Waals surface area contributed by atoms with E-state index < -0.39 is 0 Å². The Bertz CT molecular complexity index is 322. The normalized spacial score (nSPS) is 15.2. The Hall–Kier alpha value is -0.480. The van der Waals surface area contributed by atoms with Crippen molar-refractivity contribution in [2.24, 2.45) is 11.7 Å². The van der Waals surface area contributed by atoms with Gasteiger partial charge in [-0.15, -0.1) is 0 Å². The first-order chi connectivity index (χ1) is 8.10. The van der Waals surface area contributed by atoms with Crippen LogP contribution in [-0.4, -0.2) is 21.6 Å². The number of nitrogens with two attached hydrogens (primary N) is 1. The zero-order chi connectivity index (χ0) is 12.8. The molecule has 0 bridgehead atoms. The Morgan fingerprint density at radius 1 is 1.47 bits per heavy atom. The predicted molar refractivity (Wildman–Crippen MR) is 76.3 cm³/mol. The minimum Gasteiger partial charge on any atom is -0.329 e. The van der Waals surface area contributed by atoms with Crippen molar-refractivity contribution in [3.63, 3.8) is 0 Å². The summed E-state index contributed by atoms with van der Waals surface area (Å²) >= 11 is 1.88. The van der Waals surface area contributed by atoms with E-state index in [0.29, 0.717) is 12.0 Å². The van der Waals surface area contributed by atoms with Crippen LogP contribution < -0.4 is 5.73 Å². The molecule has 3 nitrogen and oxygen atoms in total. The lowest BCUT2D eigenvalue weighted by Gasteiger charge is -2.22. The molecule has 2 N–H and O–H groups in total. The lowest BCUT2D eigenvalue weighted by Crippen LogP contribution is -2.20. The van der Waals surface area contributed by atoms with Crippen LogP contribution in [0.3, 0.4) is 0 Å². The van der Waals surface area contributed by atoms with Crippen LogP contribution >= 0.6 is 11.8 Å². The molecular formula is C13H25N3S. The van der Waals surface area contributed by atoms with E-state index in [2.05, 4.69) is 36.6 Å². The molecule has 0 saturated heterocycles. The van der Waals surface area contributed by atoms with E-state index in [4.69, 9.17) is 5.73 Å². The Morgan fingerprint density at radius 3 is 2.71 bits per heavy atom. The van der Waals surface area contributed by atoms with E-state index >= 15 is 0 Å². The van der Waals surface area contributed by atoms with Gasteiger partial charge in [-0.1, -0.05) is 20.8 Å². The number of nitrogens with zero attached hydrogens (tertiary/aromatic N) is 2. The predicted octanol–water partition coefficient (Wildman–Crippen LogP) is 3.24. The highest BCUT2D eigenvalue weighted by Gasteiger charge is 2.17. The number of rotatable bonds is 7. The van der Waals surface area contributed by atoms with Crippen LogP contribution in [0, 0.1) is 5.92 Å². The molecule has 0 saturated carbocycles. The van der Waals surface area contributed by atoms with Crippen molar-refractivity contribution >= 4 is 11.8 Å². The summed E-state index contributed by atoms with van der Waals surface area (Å²) in [6.07, 6.45) is 8.14. The molecule has 0 aliphatic rings. The standard InChI is InChI=1S/C13H25N3S/c1-5-11(8-17-4)16-9-15-7-13(16)12(14)6-10(2)3/h7,9-12H,5-6,8,14H2,1-4H3. The summed E-state index contributed by atoms with van der Waals surface area (Å²) in [6.45, 7) is 6.64. The van der Waals surface area contributed by atoms with Crippen LogP contribution in [0.4, 0.5) is 0 Å². The first-order valence-electron chi connectivity index (χ1n) is 6.36. The molecule has 0 radical (unpaired) electrons. The van der Waals surface area contributed by atoms with Crippen molar-refractivity contribution in [1.29, 1.82) is 0 Å². The second-order valence-corrected chi connectivity index (χ2v) is 5.89. The van der Waals surface area contributed by atoms with Gasteiger partial charge in [0.1, 0.15) is 0 Å². The van der Waals surface area contributed by atoms with Gasteiger partial charge in [0.15, 0.2) is 0 Å². The molecule has 17 heavy (non-hydrogen) atoms. The molecule has 2 unspecified atom stereocenters. The maximum atomic E-state index is 6.26. The fourth-order valence-electron chi connectivity index (χ4n) is 2.12. The average molecular weight is 255 g/mol. The van der Waals surface area contributed by atoms with Crippen molar-refractivity contribution in [2.45, 2.75) is 45.7 Å². The van der Waals surface area contributed by atoms with Crippen LogP contribution in [0.25, 0.3) is 0 Å². The highest BCUT2D eigenvalue weighted by Crippen LogP contribution is 2.24. The summed E-state index contributed by atoms with van der Waals surface area (Å²) in [4.78, 5) is 4.28. The molecule has 0 fully saturated rings. The average Bonchev–Trinajstić information content (AvgIpc) is 2.73. The first kappa shape index (κ1) is 14.6. The first-order valence-corrected chi connectivity index (χ1v) is 7.75. The molecule has 4 heteroatoms. The maximum absolute atomic E-state index is 6.26. The summed E-state index contributed by atoms with van der Waals surface area (Å²) in [5.74, 6) is 1.74. The van der Waals surface area contributed by atoms with Gasteiger partial charge in [-0.3, -0.25) is 0 Å². The molecule has 0 aromatic carbocycles. The SMILES string of the molecule is CCC(CSC)n1cncc1C(N)CC(C)C. The van der Waals surface area contributed by atoms with Gasteiger partial charge < -0.3 is 10.3 Å². The van der Waals surface area contributed by atoms with Gasteiger partial charge >= 0.3 is 0 Å². The van der Waals surface area contributed by atoms with Gasteiger partial charge in [0.05, 0.1) is 12.0 Å². The van der Waals surface area contributed by atoms with E-state index in [1.165, 1.54) is 5.69 Å². The monoisotopic (exact) mass is 255 g/mol. The fraction of sp³-hybridized carbons (Fsp3) is 0.769. The third-order valence-corrected chi connectivity index (χ3v) is 3.74. The lowest BCUT2D eigenvalue weighted by atomic mass is 10.0. The summed E-state index contributed by atoms with van der Waals surface area (Å²) < 4.78 is 2.27. The number of hydrogen-bond donors (Lipinski definition) is 1. The Labute approximate surface area is 109 Å². The smallest absolute Gasteiger partial charge is 0.0951 e. The van der Waals surface area contributed by atoms with Gasteiger partial charge in [0.25, 0.3) is 0 Å².